The molecule has 3 aromatic rings. The molecule has 1 heterocycles. The second-order valence-corrected chi connectivity index (χ2v) is 8.13. The number of aromatic nitrogens is 2. The Morgan fingerprint density at radius 3 is 2.53 bits per heavy atom. The number of aromatic amines is 1. The summed E-state index contributed by atoms with van der Waals surface area (Å²) in [5.41, 5.74) is 5.84. The number of unbranched alkanes of at least 4 members (excludes halogenated alkanes) is 1. The van der Waals surface area contributed by atoms with E-state index in [-0.39, 0.29) is 18.1 Å². The van der Waals surface area contributed by atoms with Gasteiger partial charge in [-0.2, -0.15) is 5.26 Å². The molecule has 10 nitrogen and oxygen atoms in total. The molecule has 1 unspecified atom stereocenters. The number of nitrogens with one attached hydrogen (secondary N) is 1. The van der Waals surface area contributed by atoms with Crippen LogP contribution in [0.2, 0.25) is 0 Å². The van der Waals surface area contributed by atoms with E-state index in [1.54, 1.807) is 55.5 Å². The Morgan fingerprint density at radius 2 is 1.89 bits per heavy atom. The number of nitrogen functional groups attached to an aromatic ring is 1. The smallest absolute Gasteiger partial charge is 0.330 e. The second-order valence-electron chi connectivity index (χ2n) is 8.13. The van der Waals surface area contributed by atoms with Crippen LogP contribution in [0.15, 0.2) is 58.1 Å². The summed E-state index contributed by atoms with van der Waals surface area (Å²) in [4.78, 5) is 42.6. The molecule has 36 heavy (non-hydrogen) atoms. The first-order valence-electron chi connectivity index (χ1n) is 11.5. The molecule has 188 valence electrons. The molecule has 10 heteroatoms. The number of nitrogens with two attached hydrogens (primary N) is 1. The van der Waals surface area contributed by atoms with E-state index in [0.717, 1.165) is 6.42 Å². The minimum Gasteiger partial charge on any atom is -0.496 e. The number of hydrogen-bond acceptors (Lipinski definition) is 7. The summed E-state index contributed by atoms with van der Waals surface area (Å²) in [7, 11) is 1.51. The van der Waals surface area contributed by atoms with E-state index >= 15 is 0 Å². The molecule has 1 aromatic heterocycles. The van der Waals surface area contributed by atoms with Crippen LogP contribution in [0.5, 0.6) is 11.5 Å². The summed E-state index contributed by atoms with van der Waals surface area (Å²) in [6, 6.07) is 15.4. The lowest BCUT2D eigenvalue weighted by Crippen LogP contribution is -2.45. The SMILES string of the molecule is CCCCn1c(N)c(N(Cc2ccccc2OC)C(=O)C(C)Oc2ccc(C#N)cc2)c(=O)[nH]c1=O. The van der Waals surface area contributed by atoms with Crippen molar-refractivity contribution in [2.45, 2.75) is 45.9 Å². The highest BCUT2D eigenvalue weighted by Gasteiger charge is 2.30. The number of carbonyl (C=O) groups is 1. The average molecular weight is 492 g/mol. The molecule has 0 aliphatic rings. The van der Waals surface area contributed by atoms with Gasteiger partial charge in [-0.3, -0.25) is 24.0 Å². The van der Waals surface area contributed by atoms with E-state index < -0.39 is 23.3 Å². The predicted octanol–water partition coefficient (Wildman–Crippen LogP) is 2.80. The number of anilines is 2. The van der Waals surface area contributed by atoms with Gasteiger partial charge in [0.1, 0.15) is 17.3 Å². The molecule has 0 saturated carbocycles. The molecule has 1 atom stereocenters. The Bertz CT molecular complexity index is 1370. The maximum Gasteiger partial charge on any atom is 0.330 e. The second kappa shape index (κ2) is 11.8. The van der Waals surface area contributed by atoms with Crippen LogP contribution in [0.25, 0.3) is 0 Å². The van der Waals surface area contributed by atoms with Crippen LogP contribution in [0.3, 0.4) is 0 Å². The van der Waals surface area contributed by atoms with Gasteiger partial charge in [-0.25, -0.2) is 4.79 Å². The summed E-state index contributed by atoms with van der Waals surface area (Å²) in [5.74, 6) is 0.237. The van der Waals surface area contributed by atoms with Crippen molar-refractivity contribution in [2.24, 2.45) is 0 Å². The zero-order valence-electron chi connectivity index (χ0n) is 20.5. The molecule has 1 amide bonds. The van der Waals surface area contributed by atoms with Crippen molar-refractivity contribution < 1.29 is 14.3 Å². The van der Waals surface area contributed by atoms with Gasteiger partial charge >= 0.3 is 5.69 Å². The van der Waals surface area contributed by atoms with Gasteiger partial charge in [0, 0.05) is 12.1 Å². The lowest BCUT2D eigenvalue weighted by molar-refractivity contribution is -0.124. The molecule has 0 saturated heterocycles. The van der Waals surface area contributed by atoms with Crippen LogP contribution in [-0.4, -0.2) is 28.7 Å². The standard InChI is InChI=1S/C26H29N5O5/c1-4-5-14-30-23(28)22(24(32)29-26(30)34)31(16-19-8-6-7-9-21(19)35-3)25(33)17(2)36-20-12-10-18(15-27)11-13-20/h6-13,17H,4-5,14,16,28H2,1-3H3,(H,29,32,34). The van der Waals surface area contributed by atoms with E-state index in [4.69, 9.17) is 20.5 Å². The highest BCUT2D eigenvalue weighted by atomic mass is 16.5. The molecule has 3 N–H and O–H groups in total. The highest BCUT2D eigenvalue weighted by molar-refractivity contribution is 5.98. The predicted molar refractivity (Wildman–Crippen MR) is 136 cm³/mol. The topological polar surface area (TPSA) is 143 Å². The van der Waals surface area contributed by atoms with Gasteiger partial charge in [0.2, 0.25) is 0 Å². The number of carbonyl (C=O) groups excluding carboxylic acids is 1. The van der Waals surface area contributed by atoms with E-state index in [1.165, 1.54) is 16.6 Å². The van der Waals surface area contributed by atoms with Gasteiger partial charge < -0.3 is 15.2 Å². The number of benzene rings is 2. The molecule has 2 aromatic carbocycles. The van der Waals surface area contributed by atoms with E-state index in [2.05, 4.69) is 4.98 Å². The molecular formula is C26H29N5O5. The monoisotopic (exact) mass is 491 g/mol. The van der Waals surface area contributed by atoms with Gasteiger partial charge in [0.15, 0.2) is 11.8 Å². The number of para-hydroxylation sites is 1. The Kier molecular flexibility index (Phi) is 8.52. The Morgan fingerprint density at radius 1 is 1.19 bits per heavy atom. The number of amides is 1. The number of nitriles is 1. The Labute approximate surface area is 208 Å². The van der Waals surface area contributed by atoms with Gasteiger partial charge in [-0.1, -0.05) is 31.5 Å². The third kappa shape index (κ3) is 5.75. The molecule has 0 bridgehead atoms. The van der Waals surface area contributed by atoms with Gasteiger partial charge in [-0.15, -0.1) is 0 Å². The van der Waals surface area contributed by atoms with E-state index in [0.29, 0.717) is 35.6 Å². The number of hydrogen-bond donors (Lipinski definition) is 2. The molecule has 3 rings (SSSR count). The fourth-order valence-electron chi connectivity index (χ4n) is 3.73. The third-order valence-electron chi connectivity index (χ3n) is 5.65. The maximum atomic E-state index is 13.7. The maximum absolute atomic E-state index is 13.7. The Hall–Kier alpha value is -4.52. The number of nitrogens with zero attached hydrogens (tertiary/aromatic N) is 3. The summed E-state index contributed by atoms with van der Waals surface area (Å²) in [5, 5.41) is 9.00. The Balaban J connectivity index is 2.07. The largest absolute Gasteiger partial charge is 0.496 e. The zero-order valence-corrected chi connectivity index (χ0v) is 20.5. The van der Waals surface area contributed by atoms with Crippen molar-refractivity contribution in [3.8, 4) is 17.6 Å². The molecular weight excluding hydrogens is 462 g/mol. The van der Waals surface area contributed by atoms with Crippen molar-refractivity contribution >= 4 is 17.4 Å². The molecule has 0 aliphatic carbocycles. The molecule has 0 fully saturated rings. The van der Waals surface area contributed by atoms with Gasteiger partial charge in [0.25, 0.3) is 11.5 Å². The molecule has 0 aliphatic heterocycles. The fraction of sp³-hybridized carbons (Fsp3) is 0.308. The molecule has 0 radical (unpaired) electrons. The summed E-state index contributed by atoms with van der Waals surface area (Å²) >= 11 is 0. The first-order valence-corrected chi connectivity index (χ1v) is 11.5. The van der Waals surface area contributed by atoms with Crippen molar-refractivity contribution in [1.82, 2.24) is 9.55 Å². The van der Waals surface area contributed by atoms with Crippen molar-refractivity contribution in [3.63, 3.8) is 0 Å². The van der Waals surface area contributed by atoms with Crippen molar-refractivity contribution in [2.75, 3.05) is 17.7 Å². The summed E-state index contributed by atoms with van der Waals surface area (Å²) < 4.78 is 12.5. The number of rotatable bonds is 10. The number of ether oxygens (including phenoxy) is 2. The first-order chi connectivity index (χ1) is 17.3. The van der Waals surface area contributed by atoms with Crippen LogP contribution >= 0.6 is 0 Å². The lowest BCUT2D eigenvalue weighted by atomic mass is 10.1. The van der Waals surface area contributed by atoms with E-state index in [9.17, 15) is 14.4 Å². The van der Waals surface area contributed by atoms with Crippen LogP contribution in [0.1, 0.15) is 37.8 Å². The van der Waals surface area contributed by atoms with Crippen molar-refractivity contribution in [1.29, 1.82) is 5.26 Å². The summed E-state index contributed by atoms with van der Waals surface area (Å²) in [6.45, 7) is 3.75. The van der Waals surface area contributed by atoms with Crippen LogP contribution in [-0.2, 0) is 17.9 Å². The van der Waals surface area contributed by atoms with Crippen LogP contribution < -0.4 is 31.4 Å². The minimum atomic E-state index is -1.03. The zero-order chi connectivity index (χ0) is 26.2. The quantitative estimate of drug-likeness (QED) is 0.444. The van der Waals surface area contributed by atoms with Crippen LogP contribution in [0.4, 0.5) is 11.5 Å². The highest BCUT2D eigenvalue weighted by Crippen LogP contribution is 2.26. The third-order valence-corrected chi connectivity index (χ3v) is 5.65. The van der Waals surface area contributed by atoms with Crippen LogP contribution in [0, 0.1) is 11.3 Å². The first kappa shape index (κ1) is 26.1. The van der Waals surface area contributed by atoms with Gasteiger partial charge in [-0.05, 0) is 43.7 Å². The van der Waals surface area contributed by atoms with Crippen molar-refractivity contribution in [3.05, 3.63) is 80.5 Å². The van der Waals surface area contributed by atoms with Gasteiger partial charge in [0.05, 0.1) is 25.3 Å². The number of methoxy groups -OCH3 is 1. The molecule has 0 spiro atoms. The minimum absolute atomic E-state index is 0.0524. The normalized spacial score (nSPS) is 11.4. The lowest BCUT2D eigenvalue weighted by Gasteiger charge is -2.28. The fourth-order valence-corrected chi connectivity index (χ4v) is 3.73. The average Bonchev–Trinajstić information content (AvgIpc) is 2.88. The number of H-pyrrole nitrogens is 1. The summed E-state index contributed by atoms with van der Waals surface area (Å²) in [6.07, 6.45) is 0.441. The van der Waals surface area contributed by atoms with E-state index in [1.807, 2.05) is 13.0 Å².